The molecule has 210 valence electrons. The van der Waals surface area contributed by atoms with Gasteiger partial charge >= 0.3 is 17.9 Å². The summed E-state index contributed by atoms with van der Waals surface area (Å²) in [5, 5.41) is 17.1. The van der Waals surface area contributed by atoms with Crippen LogP contribution in [-0.4, -0.2) is 28.1 Å². The van der Waals surface area contributed by atoms with Gasteiger partial charge in [0.25, 0.3) is 0 Å². The molecular weight excluding hydrogens is 480 g/mol. The Balaban J connectivity index is 0.000000499. The number of carbonyl (C=O) groups excluding carboxylic acids is 1. The van der Waals surface area contributed by atoms with Crippen molar-refractivity contribution in [2.45, 2.75) is 104 Å². The van der Waals surface area contributed by atoms with Crippen LogP contribution in [0.25, 0.3) is 0 Å². The fraction of sp³-hybridized carbons (Fsp3) is 0.531. The van der Waals surface area contributed by atoms with Crippen LogP contribution in [0.5, 0.6) is 5.75 Å². The van der Waals surface area contributed by atoms with E-state index < -0.39 is 11.9 Å². The Bertz CT molecular complexity index is 876. The SMILES string of the molecule is CCCCCCCCC(CCCCCCCC)C(=O)Oc1ccccc1.O=C(O)c1ccccc1C(=O)O. The minimum absolute atomic E-state index is 0.0293. The summed E-state index contributed by atoms with van der Waals surface area (Å²) in [7, 11) is 0. The van der Waals surface area contributed by atoms with Crippen LogP contribution in [0.15, 0.2) is 54.6 Å². The van der Waals surface area contributed by atoms with Crippen LogP contribution in [0.1, 0.15) is 124 Å². The van der Waals surface area contributed by atoms with Gasteiger partial charge in [-0.2, -0.15) is 0 Å². The maximum Gasteiger partial charge on any atom is 0.336 e. The van der Waals surface area contributed by atoms with Gasteiger partial charge in [0.05, 0.1) is 17.0 Å². The van der Waals surface area contributed by atoms with E-state index in [1.54, 1.807) is 0 Å². The molecule has 0 aliphatic heterocycles. The van der Waals surface area contributed by atoms with Gasteiger partial charge in [0.15, 0.2) is 0 Å². The van der Waals surface area contributed by atoms with E-state index in [4.69, 9.17) is 14.9 Å². The number of benzene rings is 2. The Kier molecular flexibility index (Phi) is 18.0. The first-order chi connectivity index (χ1) is 18.4. The third-order valence-corrected chi connectivity index (χ3v) is 6.50. The standard InChI is InChI=1S/C24H40O2.C8H6O4/c1-3-5-7-9-11-14-18-22(19-15-12-10-8-6-4-2)24(25)26-23-20-16-13-17-21-23;9-7(10)5-3-1-2-4-6(5)8(11)12/h13,16-17,20-22H,3-12,14-15,18-19H2,1-2H3;1-4H,(H,9,10)(H,11,12). The van der Waals surface area contributed by atoms with Crippen LogP contribution in [-0.2, 0) is 4.79 Å². The molecule has 0 unspecified atom stereocenters. The van der Waals surface area contributed by atoms with Crippen molar-refractivity contribution < 1.29 is 29.3 Å². The molecule has 2 aromatic rings. The lowest BCUT2D eigenvalue weighted by Crippen LogP contribution is -2.20. The van der Waals surface area contributed by atoms with Gasteiger partial charge in [-0.15, -0.1) is 0 Å². The van der Waals surface area contributed by atoms with Crippen molar-refractivity contribution in [2.75, 3.05) is 0 Å². The number of carboxylic acids is 2. The van der Waals surface area contributed by atoms with E-state index in [1.807, 2.05) is 30.3 Å². The molecule has 0 fully saturated rings. The third kappa shape index (κ3) is 14.6. The Morgan fingerprint density at radius 2 is 1.00 bits per heavy atom. The van der Waals surface area contributed by atoms with E-state index in [-0.39, 0.29) is 23.0 Å². The van der Waals surface area contributed by atoms with Crippen molar-refractivity contribution in [1.29, 1.82) is 0 Å². The molecule has 0 aliphatic rings. The Labute approximate surface area is 228 Å². The maximum atomic E-state index is 12.6. The lowest BCUT2D eigenvalue weighted by Gasteiger charge is -2.16. The fourth-order valence-electron chi connectivity index (χ4n) is 4.27. The first-order valence-electron chi connectivity index (χ1n) is 14.2. The quantitative estimate of drug-likeness (QED) is 0.114. The molecule has 0 spiro atoms. The second-order valence-corrected chi connectivity index (χ2v) is 9.70. The highest BCUT2D eigenvalue weighted by molar-refractivity contribution is 6.01. The fourth-order valence-corrected chi connectivity index (χ4v) is 4.27. The highest BCUT2D eigenvalue weighted by atomic mass is 16.5. The molecule has 38 heavy (non-hydrogen) atoms. The largest absolute Gasteiger partial charge is 0.478 e. The number of rotatable bonds is 18. The normalized spacial score (nSPS) is 10.5. The number of hydrogen-bond acceptors (Lipinski definition) is 4. The highest BCUT2D eigenvalue weighted by Crippen LogP contribution is 2.22. The van der Waals surface area contributed by atoms with E-state index in [9.17, 15) is 14.4 Å². The number of carbonyl (C=O) groups is 3. The molecule has 0 aliphatic carbocycles. The average Bonchev–Trinajstić information content (AvgIpc) is 2.92. The summed E-state index contributed by atoms with van der Waals surface area (Å²) in [6.45, 7) is 4.49. The molecule has 2 N–H and O–H groups in total. The summed E-state index contributed by atoms with van der Waals surface area (Å²) in [5.74, 6) is -1.75. The number of aromatic carboxylic acids is 2. The predicted octanol–water partition coefficient (Wildman–Crippen LogP) is 8.79. The zero-order chi connectivity index (χ0) is 28.0. The lowest BCUT2D eigenvalue weighted by molar-refractivity contribution is -0.139. The molecule has 0 radical (unpaired) electrons. The van der Waals surface area contributed by atoms with Gasteiger partial charge < -0.3 is 14.9 Å². The van der Waals surface area contributed by atoms with Crippen molar-refractivity contribution >= 4 is 17.9 Å². The average molecular weight is 527 g/mol. The van der Waals surface area contributed by atoms with Crippen molar-refractivity contribution in [1.82, 2.24) is 0 Å². The van der Waals surface area contributed by atoms with Gasteiger partial charge in [0.1, 0.15) is 5.75 Å². The third-order valence-electron chi connectivity index (χ3n) is 6.50. The van der Waals surface area contributed by atoms with E-state index in [0.717, 1.165) is 25.7 Å². The van der Waals surface area contributed by atoms with Gasteiger partial charge in [-0.3, -0.25) is 4.79 Å². The topological polar surface area (TPSA) is 101 Å². The summed E-state index contributed by atoms with van der Waals surface area (Å²) >= 11 is 0. The van der Waals surface area contributed by atoms with Gasteiger partial charge in [-0.1, -0.05) is 121 Å². The zero-order valence-electron chi connectivity index (χ0n) is 23.2. The monoisotopic (exact) mass is 526 g/mol. The number of unbranched alkanes of at least 4 members (excludes halogenated alkanes) is 10. The van der Waals surface area contributed by atoms with Gasteiger partial charge in [0.2, 0.25) is 0 Å². The molecule has 0 atom stereocenters. The number of carboxylic acid groups (broad SMARTS) is 2. The van der Waals surface area contributed by atoms with Crippen molar-refractivity contribution in [3.8, 4) is 5.75 Å². The zero-order valence-corrected chi connectivity index (χ0v) is 23.2. The van der Waals surface area contributed by atoms with Crippen LogP contribution in [0.2, 0.25) is 0 Å². The minimum Gasteiger partial charge on any atom is -0.478 e. The number of hydrogen-bond donors (Lipinski definition) is 2. The summed E-state index contributed by atoms with van der Waals surface area (Å²) in [6, 6.07) is 15.0. The van der Waals surface area contributed by atoms with Crippen LogP contribution in [0, 0.1) is 5.92 Å². The molecule has 2 aromatic carbocycles. The molecular formula is C32H46O6. The summed E-state index contributed by atoms with van der Waals surface area (Å²) in [6.07, 6.45) is 17.2. The minimum atomic E-state index is -1.23. The van der Waals surface area contributed by atoms with E-state index in [1.165, 1.54) is 88.5 Å². The van der Waals surface area contributed by atoms with Crippen molar-refractivity contribution in [2.24, 2.45) is 5.92 Å². The van der Waals surface area contributed by atoms with E-state index >= 15 is 0 Å². The van der Waals surface area contributed by atoms with Crippen LogP contribution < -0.4 is 4.74 Å². The number of ether oxygens (including phenoxy) is 1. The van der Waals surface area contributed by atoms with Crippen molar-refractivity contribution in [3.63, 3.8) is 0 Å². The Morgan fingerprint density at radius 1 is 0.605 bits per heavy atom. The molecule has 6 nitrogen and oxygen atoms in total. The van der Waals surface area contributed by atoms with E-state index in [2.05, 4.69) is 13.8 Å². The first kappa shape index (κ1) is 32.9. The smallest absolute Gasteiger partial charge is 0.336 e. The van der Waals surface area contributed by atoms with Gasteiger partial charge in [-0.25, -0.2) is 9.59 Å². The first-order valence-corrected chi connectivity index (χ1v) is 14.2. The highest BCUT2D eigenvalue weighted by Gasteiger charge is 2.20. The van der Waals surface area contributed by atoms with E-state index in [0.29, 0.717) is 5.75 Å². The molecule has 0 saturated heterocycles. The molecule has 0 amide bonds. The molecule has 0 aromatic heterocycles. The van der Waals surface area contributed by atoms with Gasteiger partial charge in [0, 0.05) is 0 Å². The van der Waals surface area contributed by atoms with Crippen LogP contribution in [0.3, 0.4) is 0 Å². The van der Waals surface area contributed by atoms with Crippen LogP contribution >= 0.6 is 0 Å². The van der Waals surface area contributed by atoms with Crippen molar-refractivity contribution in [3.05, 3.63) is 65.7 Å². The Hall–Kier alpha value is -3.15. The van der Waals surface area contributed by atoms with Gasteiger partial charge in [-0.05, 0) is 37.1 Å². The second-order valence-electron chi connectivity index (χ2n) is 9.70. The Morgan fingerprint density at radius 3 is 1.42 bits per heavy atom. The summed E-state index contributed by atoms with van der Waals surface area (Å²) in [4.78, 5) is 33.5. The van der Waals surface area contributed by atoms with Crippen LogP contribution in [0.4, 0.5) is 0 Å². The lowest BCUT2D eigenvalue weighted by atomic mass is 9.94. The molecule has 6 heteroatoms. The second kappa shape index (κ2) is 20.9. The molecule has 2 rings (SSSR count). The molecule has 0 bridgehead atoms. The maximum absolute atomic E-state index is 12.6. The number of esters is 1. The predicted molar refractivity (Wildman–Crippen MR) is 152 cm³/mol. The molecule has 0 saturated carbocycles. The molecule has 0 heterocycles. The summed E-state index contributed by atoms with van der Waals surface area (Å²) in [5.41, 5.74) is -0.380. The summed E-state index contributed by atoms with van der Waals surface area (Å²) < 4.78 is 5.63. The number of para-hydroxylation sites is 1.